The van der Waals surface area contributed by atoms with Gasteiger partial charge in [0.25, 0.3) is 5.82 Å². The Bertz CT molecular complexity index is 703. The van der Waals surface area contributed by atoms with Crippen LogP contribution in [0.5, 0.6) is 0 Å². The Balaban J connectivity index is 1.50. The SMILES string of the molecule is CCCCCCCCCCCCCCCCCCCc1n(-c2ccccc2)cc[n+]1CCCC. The molecule has 0 aliphatic rings. The van der Waals surface area contributed by atoms with E-state index < -0.39 is 0 Å². The number of para-hydroxylation sites is 1. The van der Waals surface area contributed by atoms with E-state index in [9.17, 15) is 0 Å². The van der Waals surface area contributed by atoms with E-state index >= 15 is 0 Å². The minimum absolute atomic E-state index is 1.14. The number of unbranched alkanes of at least 4 members (excludes halogenated alkanes) is 17. The van der Waals surface area contributed by atoms with Crippen LogP contribution in [0.2, 0.25) is 0 Å². The van der Waals surface area contributed by atoms with E-state index in [2.05, 4.69) is 65.7 Å². The molecule has 1 aromatic heterocycles. The number of rotatable bonds is 22. The van der Waals surface area contributed by atoms with Crippen LogP contribution in [0.15, 0.2) is 42.7 Å². The van der Waals surface area contributed by atoms with Crippen molar-refractivity contribution in [3.05, 3.63) is 48.5 Å². The average molecular weight is 468 g/mol. The lowest BCUT2D eigenvalue weighted by Gasteiger charge is -2.06. The Morgan fingerprint density at radius 3 is 1.53 bits per heavy atom. The first-order valence-corrected chi connectivity index (χ1v) is 15.0. The Hall–Kier alpha value is -1.57. The van der Waals surface area contributed by atoms with Gasteiger partial charge < -0.3 is 0 Å². The van der Waals surface area contributed by atoms with Gasteiger partial charge in [0.1, 0.15) is 18.1 Å². The second kappa shape index (κ2) is 19.7. The van der Waals surface area contributed by atoms with Crippen molar-refractivity contribution in [3.63, 3.8) is 0 Å². The van der Waals surface area contributed by atoms with Gasteiger partial charge in [0.05, 0.1) is 6.54 Å². The minimum atomic E-state index is 1.14. The van der Waals surface area contributed by atoms with E-state index in [4.69, 9.17) is 0 Å². The van der Waals surface area contributed by atoms with Crippen molar-refractivity contribution in [3.8, 4) is 5.69 Å². The smallest absolute Gasteiger partial charge is 0.234 e. The monoisotopic (exact) mass is 467 g/mol. The van der Waals surface area contributed by atoms with Crippen molar-refractivity contribution in [2.75, 3.05) is 0 Å². The van der Waals surface area contributed by atoms with Gasteiger partial charge in [0.15, 0.2) is 0 Å². The zero-order chi connectivity index (χ0) is 24.1. The number of benzene rings is 1. The van der Waals surface area contributed by atoms with Gasteiger partial charge in [-0.2, -0.15) is 4.57 Å². The number of aromatic nitrogens is 2. The maximum Gasteiger partial charge on any atom is 0.261 e. The summed E-state index contributed by atoms with van der Waals surface area (Å²) in [5, 5.41) is 0. The summed E-state index contributed by atoms with van der Waals surface area (Å²) in [4.78, 5) is 0. The van der Waals surface area contributed by atoms with Gasteiger partial charge in [0, 0.05) is 6.42 Å². The van der Waals surface area contributed by atoms with E-state index in [1.807, 2.05) is 0 Å². The highest BCUT2D eigenvalue weighted by atomic mass is 15.1. The predicted molar refractivity (Wildman–Crippen MR) is 149 cm³/mol. The molecule has 2 rings (SSSR count). The van der Waals surface area contributed by atoms with Gasteiger partial charge in [-0.25, -0.2) is 4.57 Å². The lowest BCUT2D eigenvalue weighted by Crippen LogP contribution is -2.37. The third kappa shape index (κ3) is 12.2. The van der Waals surface area contributed by atoms with E-state index in [1.165, 1.54) is 140 Å². The van der Waals surface area contributed by atoms with Crippen molar-refractivity contribution in [2.45, 2.75) is 149 Å². The summed E-state index contributed by atoms with van der Waals surface area (Å²) >= 11 is 0. The molecular formula is C32H55N2+. The molecule has 0 bridgehead atoms. The first-order valence-electron chi connectivity index (χ1n) is 15.0. The molecule has 0 saturated heterocycles. The molecule has 2 heteroatoms. The second-order valence-electron chi connectivity index (χ2n) is 10.4. The van der Waals surface area contributed by atoms with E-state index in [-0.39, 0.29) is 0 Å². The molecule has 1 aromatic carbocycles. The highest BCUT2D eigenvalue weighted by Crippen LogP contribution is 2.16. The fourth-order valence-electron chi connectivity index (χ4n) is 5.09. The summed E-state index contributed by atoms with van der Waals surface area (Å²) in [5.41, 5.74) is 1.29. The van der Waals surface area contributed by atoms with Gasteiger partial charge in [-0.05, 0) is 25.0 Å². The maximum atomic E-state index is 2.49. The van der Waals surface area contributed by atoms with Crippen molar-refractivity contribution in [1.82, 2.24) is 4.57 Å². The average Bonchev–Trinajstić information content (AvgIpc) is 3.27. The Morgan fingerprint density at radius 1 is 0.559 bits per heavy atom. The molecule has 0 fully saturated rings. The first-order chi connectivity index (χ1) is 16.9. The molecule has 1 heterocycles. The van der Waals surface area contributed by atoms with Crippen LogP contribution in [0.4, 0.5) is 0 Å². The van der Waals surface area contributed by atoms with Gasteiger partial charge >= 0.3 is 0 Å². The summed E-state index contributed by atoms with van der Waals surface area (Å²) in [5.74, 6) is 1.47. The minimum Gasteiger partial charge on any atom is -0.234 e. The highest BCUT2D eigenvalue weighted by Gasteiger charge is 2.17. The maximum absolute atomic E-state index is 2.49. The molecule has 0 radical (unpaired) electrons. The van der Waals surface area contributed by atoms with Crippen LogP contribution in [0.1, 0.15) is 142 Å². The predicted octanol–water partition coefficient (Wildman–Crippen LogP) is 9.76. The molecule has 0 aliphatic carbocycles. The molecule has 2 aromatic rings. The highest BCUT2D eigenvalue weighted by molar-refractivity contribution is 5.31. The van der Waals surface area contributed by atoms with E-state index in [0.29, 0.717) is 0 Å². The second-order valence-corrected chi connectivity index (χ2v) is 10.4. The van der Waals surface area contributed by atoms with Crippen molar-refractivity contribution in [2.24, 2.45) is 0 Å². The molecule has 2 nitrogen and oxygen atoms in total. The summed E-state index contributed by atoms with van der Waals surface area (Å²) in [6, 6.07) is 10.8. The van der Waals surface area contributed by atoms with E-state index in [0.717, 1.165) is 6.54 Å². The Labute approximate surface area is 212 Å². The van der Waals surface area contributed by atoms with Crippen LogP contribution >= 0.6 is 0 Å². The van der Waals surface area contributed by atoms with Crippen molar-refractivity contribution >= 4 is 0 Å². The van der Waals surface area contributed by atoms with Gasteiger partial charge in [-0.1, -0.05) is 141 Å². The van der Waals surface area contributed by atoms with E-state index in [1.54, 1.807) is 0 Å². The topological polar surface area (TPSA) is 8.81 Å². The number of aryl methyl sites for hydroxylation is 1. The fourth-order valence-corrected chi connectivity index (χ4v) is 5.09. The van der Waals surface area contributed by atoms with Crippen LogP contribution < -0.4 is 4.57 Å². The molecule has 34 heavy (non-hydrogen) atoms. The van der Waals surface area contributed by atoms with Crippen molar-refractivity contribution < 1.29 is 4.57 Å². The van der Waals surface area contributed by atoms with Crippen LogP contribution in [-0.4, -0.2) is 4.57 Å². The van der Waals surface area contributed by atoms with Gasteiger partial charge in [0.2, 0.25) is 0 Å². The molecule has 192 valence electrons. The molecule has 0 spiro atoms. The fraction of sp³-hybridized carbons (Fsp3) is 0.719. The van der Waals surface area contributed by atoms with Crippen LogP contribution in [-0.2, 0) is 13.0 Å². The van der Waals surface area contributed by atoms with Crippen LogP contribution in [0, 0.1) is 0 Å². The molecular weight excluding hydrogens is 412 g/mol. The standard InChI is InChI=1S/C32H55N2/c1-3-5-7-8-9-10-11-12-13-14-15-16-17-18-19-20-24-27-32-33(28-6-4-2)29-30-34(32)31-25-22-21-23-26-31/h21-23,25-26,29-30H,3-20,24,27-28H2,1-2H3/q+1. The molecule has 0 saturated carbocycles. The number of imidazole rings is 1. The van der Waals surface area contributed by atoms with Gasteiger partial charge in [-0.3, -0.25) is 0 Å². The molecule has 0 aliphatic heterocycles. The summed E-state index contributed by atoms with van der Waals surface area (Å²) < 4.78 is 4.89. The number of hydrogen-bond acceptors (Lipinski definition) is 0. The molecule has 0 amide bonds. The summed E-state index contributed by atoms with van der Waals surface area (Å²) in [6.45, 7) is 5.73. The zero-order valence-corrected chi connectivity index (χ0v) is 22.8. The van der Waals surface area contributed by atoms with Crippen molar-refractivity contribution in [1.29, 1.82) is 0 Å². The lowest BCUT2D eigenvalue weighted by molar-refractivity contribution is -0.703. The lowest BCUT2D eigenvalue weighted by atomic mass is 10.0. The van der Waals surface area contributed by atoms with Crippen LogP contribution in [0.25, 0.3) is 5.69 Å². The summed E-state index contributed by atoms with van der Waals surface area (Å²) in [6.07, 6.45) is 32.6. The van der Waals surface area contributed by atoms with Crippen LogP contribution in [0.3, 0.4) is 0 Å². The Kier molecular flexibility index (Phi) is 16.6. The first kappa shape index (κ1) is 28.7. The number of nitrogens with zero attached hydrogens (tertiary/aromatic N) is 2. The molecule has 0 unspecified atom stereocenters. The largest absolute Gasteiger partial charge is 0.261 e. The molecule has 0 atom stereocenters. The quantitative estimate of drug-likeness (QED) is 0.120. The summed E-state index contributed by atoms with van der Waals surface area (Å²) in [7, 11) is 0. The van der Waals surface area contributed by atoms with Gasteiger partial charge in [-0.15, -0.1) is 0 Å². The third-order valence-electron chi connectivity index (χ3n) is 7.30. The zero-order valence-electron chi connectivity index (χ0n) is 22.8. The normalized spacial score (nSPS) is 11.4. The Morgan fingerprint density at radius 2 is 1.03 bits per heavy atom. The number of hydrogen-bond donors (Lipinski definition) is 0. The molecule has 0 N–H and O–H groups in total. The third-order valence-corrected chi connectivity index (χ3v) is 7.30.